The van der Waals surface area contributed by atoms with Gasteiger partial charge in [-0.05, 0) is 30.7 Å². The minimum absolute atomic E-state index is 0.0639. The van der Waals surface area contributed by atoms with E-state index in [2.05, 4.69) is 10.3 Å². The number of nitrogens with zero attached hydrogens (tertiary/aromatic N) is 3. The molecule has 1 aromatic carbocycles. The molecule has 0 aliphatic carbocycles. The molecule has 7 heteroatoms. The van der Waals surface area contributed by atoms with E-state index in [-0.39, 0.29) is 18.0 Å². The molecule has 0 aliphatic rings. The van der Waals surface area contributed by atoms with Crippen LogP contribution in [0.3, 0.4) is 0 Å². The average Bonchev–Trinajstić information content (AvgIpc) is 2.88. The Morgan fingerprint density at radius 2 is 2.17 bits per heavy atom. The van der Waals surface area contributed by atoms with Gasteiger partial charge < -0.3 is 9.72 Å². The van der Waals surface area contributed by atoms with Gasteiger partial charge in [-0.15, -0.1) is 0 Å². The molecule has 3 rings (SSSR count). The number of amides is 1. The van der Waals surface area contributed by atoms with Crippen LogP contribution < -0.4 is 5.32 Å². The van der Waals surface area contributed by atoms with Gasteiger partial charge in [-0.2, -0.15) is 0 Å². The number of benzene rings is 1. The number of non-ortho nitro benzene ring substituents is 1. The molecule has 0 unspecified atom stereocenters. The highest BCUT2D eigenvalue weighted by atomic mass is 16.6. The highest BCUT2D eigenvalue weighted by Gasteiger charge is 2.10. The SMILES string of the molecule is Cc1ccn2cc(CC(=O)Nc3cccc([N+](=O)[O-])c3)nc2c1. The number of nitro benzene ring substituents is 1. The number of nitrogens with one attached hydrogen (secondary N) is 1. The summed E-state index contributed by atoms with van der Waals surface area (Å²) < 4.78 is 1.85. The first-order valence-corrected chi connectivity index (χ1v) is 7.00. The van der Waals surface area contributed by atoms with E-state index in [9.17, 15) is 14.9 Å². The Kier molecular flexibility index (Phi) is 3.76. The molecule has 0 bridgehead atoms. The van der Waals surface area contributed by atoms with E-state index in [1.165, 1.54) is 18.2 Å². The number of carbonyl (C=O) groups excluding carboxylic acids is 1. The van der Waals surface area contributed by atoms with Crippen LogP contribution in [0.5, 0.6) is 0 Å². The van der Waals surface area contributed by atoms with E-state index >= 15 is 0 Å². The van der Waals surface area contributed by atoms with Crippen LogP contribution >= 0.6 is 0 Å². The van der Waals surface area contributed by atoms with Gasteiger partial charge in [0.1, 0.15) is 5.65 Å². The molecule has 0 aliphatic heterocycles. The topological polar surface area (TPSA) is 89.5 Å². The second-order valence-corrected chi connectivity index (χ2v) is 5.23. The van der Waals surface area contributed by atoms with Crippen molar-refractivity contribution in [1.29, 1.82) is 0 Å². The van der Waals surface area contributed by atoms with Crippen molar-refractivity contribution in [2.45, 2.75) is 13.3 Å². The molecule has 116 valence electrons. The molecule has 0 fully saturated rings. The Morgan fingerprint density at radius 3 is 2.96 bits per heavy atom. The molecule has 1 N–H and O–H groups in total. The number of nitro groups is 1. The van der Waals surface area contributed by atoms with Crippen LogP contribution in [0, 0.1) is 17.0 Å². The Morgan fingerprint density at radius 1 is 1.35 bits per heavy atom. The summed E-state index contributed by atoms with van der Waals surface area (Å²) in [7, 11) is 0. The standard InChI is InChI=1S/C16H14N4O3/c1-11-5-6-19-10-13(17-15(19)7-11)9-16(21)18-12-3-2-4-14(8-12)20(22)23/h2-8,10H,9H2,1H3,(H,18,21). The summed E-state index contributed by atoms with van der Waals surface area (Å²) in [5.41, 5.74) is 2.84. The molecular formula is C16H14N4O3. The molecule has 3 aromatic rings. The van der Waals surface area contributed by atoms with Crippen molar-refractivity contribution < 1.29 is 9.72 Å². The third-order valence-corrected chi connectivity index (χ3v) is 3.35. The van der Waals surface area contributed by atoms with E-state index in [1.54, 1.807) is 12.3 Å². The van der Waals surface area contributed by atoms with Crippen molar-refractivity contribution in [1.82, 2.24) is 9.38 Å². The van der Waals surface area contributed by atoms with Crippen LogP contribution in [0.25, 0.3) is 5.65 Å². The van der Waals surface area contributed by atoms with Crippen molar-refractivity contribution in [3.8, 4) is 0 Å². The molecule has 0 saturated carbocycles. The van der Waals surface area contributed by atoms with E-state index in [0.717, 1.165) is 11.2 Å². The maximum Gasteiger partial charge on any atom is 0.271 e. The Balaban J connectivity index is 1.73. The highest BCUT2D eigenvalue weighted by Crippen LogP contribution is 2.17. The van der Waals surface area contributed by atoms with E-state index < -0.39 is 4.92 Å². The largest absolute Gasteiger partial charge is 0.325 e. The van der Waals surface area contributed by atoms with Crippen LogP contribution in [0.15, 0.2) is 48.8 Å². The Labute approximate surface area is 131 Å². The minimum Gasteiger partial charge on any atom is -0.325 e. The fraction of sp³-hybridized carbons (Fsp3) is 0.125. The molecular weight excluding hydrogens is 296 g/mol. The zero-order valence-electron chi connectivity index (χ0n) is 12.4. The molecule has 0 atom stereocenters. The Hall–Kier alpha value is -3.22. The first kappa shape index (κ1) is 14.7. The highest BCUT2D eigenvalue weighted by molar-refractivity contribution is 5.92. The second kappa shape index (κ2) is 5.88. The van der Waals surface area contributed by atoms with Crippen LogP contribution in [0.4, 0.5) is 11.4 Å². The summed E-state index contributed by atoms with van der Waals surface area (Å²) >= 11 is 0. The number of carbonyl (C=O) groups is 1. The summed E-state index contributed by atoms with van der Waals surface area (Å²) in [6.07, 6.45) is 3.78. The number of hydrogen-bond donors (Lipinski definition) is 1. The normalized spacial score (nSPS) is 10.7. The maximum absolute atomic E-state index is 12.1. The van der Waals surface area contributed by atoms with Crippen molar-refractivity contribution in [3.63, 3.8) is 0 Å². The Bertz CT molecular complexity index is 901. The van der Waals surface area contributed by atoms with Crippen LogP contribution in [-0.4, -0.2) is 20.2 Å². The van der Waals surface area contributed by atoms with E-state index in [4.69, 9.17) is 0 Å². The average molecular weight is 310 g/mol. The zero-order valence-corrected chi connectivity index (χ0v) is 12.4. The number of hydrogen-bond acceptors (Lipinski definition) is 4. The molecule has 0 radical (unpaired) electrons. The van der Waals surface area contributed by atoms with Gasteiger partial charge in [0.25, 0.3) is 5.69 Å². The molecule has 0 spiro atoms. The lowest BCUT2D eigenvalue weighted by Gasteiger charge is -2.03. The van der Waals surface area contributed by atoms with Crippen molar-refractivity contribution >= 4 is 22.9 Å². The number of imidazole rings is 1. The van der Waals surface area contributed by atoms with Gasteiger partial charge in [0.05, 0.1) is 17.0 Å². The predicted octanol–water partition coefficient (Wildman–Crippen LogP) is 2.73. The van der Waals surface area contributed by atoms with Gasteiger partial charge in [0, 0.05) is 30.2 Å². The zero-order chi connectivity index (χ0) is 16.4. The minimum atomic E-state index is -0.500. The summed E-state index contributed by atoms with van der Waals surface area (Å²) in [5.74, 6) is -0.273. The van der Waals surface area contributed by atoms with Gasteiger partial charge in [0.2, 0.25) is 5.91 Å². The second-order valence-electron chi connectivity index (χ2n) is 5.23. The number of rotatable bonds is 4. The fourth-order valence-corrected chi connectivity index (χ4v) is 2.29. The van der Waals surface area contributed by atoms with E-state index in [1.807, 2.05) is 29.7 Å². The molecule has 2 heterocycles. The summed E-state index contributed by atoms with van der Waals surface area (Å²) in [4.78, 5) is 26.7. The molecule has 1 amide bonds. The number of aromatic nitrogens is 2. The van der Waals surface area contributed by atoms with Gasteiger partial charge in [-0.1, -0.05) is 6.07 Å². The number of anilines is 1. The lowest BCUT2D eigenvalue weighted by Crippen LogP contribution is -2.14. The summed E-state index contributed by atoms with van der Waals surface area (Å²) in [5, 5.41) is 13.4. The van der Waals surface area contributed by atoms with Crippen molar-refractivity contribution in [2.24, 2.45) is 0 Å². The van der Waals surface area contributed by atoms with Gasteiger partial charge in [-0.3, -0.25) is 14.9 Å². The third-order valence-electron chi connectivity index (χ3n) is 3.35. The third kappa shape index (κ3) is 3.34. The molecule has 23 heavy (non-hydrogen) atoms. The quantitative estimate of drug-likeness (QED) is 0.592. The fourth-order valence-electron chi connectivity index (χ4n) is 2.29. The first-order valence-electron chi connectivity index (χ1n) is 7.00. The summed E-state index contributed by atoms with van der Waals surface area (Å²) in [6, 6.07) is 9.73. The van der Waals surface area contributed by atoms with Gasteiger partial charge in [-0.25, -0.2) is 4.98 Å². The molecule has 2 aromatic heterocycles. The smallest absolute Gasteiger partial charge is 0.271 e. The number of fused-ring (bicyclic) bond motifs is 1. The lowest BCUT2D eigenvalue weighted by molar-refractivity contribution is -0.384. The van der Waals surface area contributed by atoms with Crippen LogP contribution in [0.1, 0.15) is 11.3 Å². The maximum atomic E-state index is 12.1. The van der Waals surface area contributed by atoms with Crippen LogP contribution in [0.2, 0.25) is 0 Å². The molecule has 0 saturated heterocycles. The molecule has 7 nitrogen and oxygen atoms in total. The predicted molar refractivity (Wildman–Crippen MR) is 85.4 cm³/mol. The lowest BCUT2D eigenvalue weighted by atomic mass is 10.2. The van der Waals surface area contributed by atoms with Crippen LogP contribution in [-0.2, 0) is 11.2 Å². The van der Waals surface area contributed by atoms with Crippen molar-refractivity contribution in [3.05, 3.63) is 70.2 Å². The number of pyridine rings is 1. The summed E-state index contributed by atoms with van der Waals surface area (Å²) in [6.45, 7) is 1.98. The number of aryl methyl sites for hydroxylation is 1. The van der Waals surface area contributed by atoms with E-state index in [0.29, 0.717) is 11.4 Å². The van der Waals surface area contributed by atoms with Crippen molar-refractivity contribution in [2.75, 3.05) is 5.32 Å². The first-order chi connectivity index (χ1) is 11.0. The monoisotopic (exact) mass is 310 g/mol. The van der Waals surface area contributed by atoms with Gasteiger partial charge in [0.15, 0.2) is 0 Å². The van der Waals surface area contributed by atoms with Gasteiger partial charge >= 0.3 is 0 Å².